The van der Waals surface area contributed by atoms with Crippen molar-refractivity contribution >= 4 is 0 Å². The van der Waals surface area contributed by atoms with Crippen LogP contribution in [0.15, 0.2) is 0 Å². The summed E-state index contributed by atoms with van der Waals surface area (Å²) in [6.07, 6.45) is 7.88. The molecule has 0 amide bonds. The Balaban J connectivity index is 1.60. The summed E-state index contributed by atoms with van der Waals surface area (Å²) in [7, 11) is 0. The highest BCUT2D eigenvalue weighted by Gasteiger charge is 2.28. The first-order valence-electron chi connectivity index (χ1n) is 5.69. The lowest BCUT2D eigenvalue weighted by Gasteiger charge is -2.23. The van der Waals surface area contributed by atoms with Gasteiger partial charge in [0.1, 0.15) is 0 Å². The van der Waals surface area contributed by atoms with Gasteiger partial charge in [-0.2, -0.15) is 0 Å². The van der Waals surface area contributed by atoms with E-state index in [9.17, 15) is 0 Å². The Morgan fingerprint density at radius 2 is 2.15 bits per heavy atom. The topological polar surface area (TPSA) is 35.2 Å². The third kappa shape index (κ3) is 2.96. The highest BCUT2D eigenvalue weighted by Crippen LogP contribution is 2.34. The van der Waals surface area contributed by atoms with Crippen LogP contribution in [-0.2, 0) is 4.74 Å². The van der Waals surface area contributed by atoms with Crippen LogP contribution in [0.3, 0.4) is 0 Å². The second-order valence-electron chi connectivity index (χ2n) is 4.66. The van der Waals surface area contributed by atoms with Crippen molar-refractivity contribution in [2.45, 2.75) is 44.6 Å². The average molecular weight is 183 g/mol. The first-order valence-corrected chi connectivity index (χ1v) is 5.69. The predicted octanol–water partition coefficient (Wildman–Crippen LogP) is 1.93. The van der Waals surface area contributed by atoms with Crippen LogP contribution in [0.2, 0.25) is 0 Å². The molecule has 0 aromatic heterocycles. The van der Waals surface area contributed by atoms with Gasteiger partial charge in [0.05, 0.1) is 0 Å². The second kappa shape index (κ2) is 4.43. The summed E-state index contributed by atoms with van der Waals surface area (Å²) in [6, 6.07) is 0.488. The van der Waals surface area contributed by atoms with Crippen LogP contribution in [0, 0.1) is 11.8 Å². The molecule has 0 radical (unpaired) electrons. The van der Waals surface area contributed by atoms with Gasteiger partial charge in [-0.25, -0.2) is 0 Å². The van der Waals surface area contributed by atoms with Crippen molar-refractivity contribution < 1.29 is 4.74 Å². The summed E-state index contributed by atoms with van der Waals surface area (Å²) in [6.45, 7) is 1.96. The summed E-state index contributed by atoms with van der Waals surface area (Å²) in [4.78, 5) is 0. The number of rotatable bonds is 4. The van der Waals surface area contributed by atoms with E-state index in [0.717, 1.165) is 25.0 Å². The van der Waals surface area contributed by atoms with E-state index in [1.807, 2.05) is 0 Å². The lowest BCUT2D eigenvalue weighted by Crippen LogP contribution is -2.25. The molecule has 2 aliphatic rings. The largest absolute Gasteiger partial charge is 0.381 e. The molecule has 13 heavy (non-hydrogen) atoms. The molecule has 1 saturated heterocycles. The molecule has 0 aromatic carbocycles. The van der Waals surface area contributed by atoms with Crippen LogP contribution in [0.5, 0.6) is 0 Å². The SMILES string of the molecule is NC(CCC1CCCOC1)C1CC1. The molecule has 2 unspecified atom stereocenters. The molecule has 1 aliphatic carbocycles. The average Bonchev–Trinajstić information content (AvgIpc) is 2.99. The monoisotopic (exact) mass is 183 g/mol. The van der Waals surface area contributed by atoms with Gasteiger partial charge >= 0.3 is 0 Å². The summed E-state index contributed by atoms with van der Waals surface area (Å²) in [5, 5.41) is 0. The minimum atomic E-state index is 0.488. The number of hydrogen-bond donors (Lipinski definition) is 1. The van der Waals surface area contributed by atoms with Gasteiger partial charge in [0.2, 0.25) is 0 Å². The van der Waals surface area contributed by atoms with Crippen molar-refractivity contribution in [1.29, 1.82) is 0 Å². The molecule has 1 heterocycles. The fraction of sp³-hybridized carbons (Fsp3) is 1.00. The van der Waals surface area contributed by atoms with Crippen molar-refractivity contribution in [3.05, 3.63) is 0 Å². The fourth-order valence-electron chi connectivity index (χ4n) is 2.22. The molecule has 2 N–H and O–H groups in total. The molecule has 0 bridgehead atoms. The molecule has 1 aliphatic heterocycles. The van der Waals surface area contributed by atoms with Gasteiger partial charge in [-0.3, -0.25) is 0 Å². The molecule has 2 atom stereocenters. The van der Waals surface area contributed by atoms with E-state index >= 15 is 0 Å². The van der Waals surface area contributed by atoms with E-state index in [4.69, 9.17) is 10.5 Å². The number of nitrogens with two attached hydrogens (primary N) is 1. The van der Waals surface area contributed by atoms with Crippen LogP contribution in [0.4, 0.5) is 0 Å². The van der Waals surface area contributed by atoms with Gasteiger partial charge in [0, 0.05) is 19.3 Å². The van der Waals surface area contributed by atoms with E-state index in [1.54, 1.807) is 0 Å². The van der Waals surface area contributed by atoms with Gasteiger partial charge < -0.3 is 10.5 Å². The van der Waals surface area contributed by atoms with Gasteiger partial charge in [-0.05, 0) is 50.4 Å². The lowest BCUT2D eigenvalue weighted by molar-refractivity contribution is 0.0500. The molecule has 2 rings (SSSR count). The number of hydrogen-bond acceptors (Lipinski definition) is 2. The molecule has 0 spiro atoms. The maximum absolute atomic E-state index is 6.06. The molecule has 1 saturated carbocycles. The van der Waals surface area contributed by atoms with E-state index in [1.165, 1.54) is 38.5 Å². The molecule has 76 valence electrons. The van der Waals surface area contributed by atoms with Crippen molar-refractivity contribution in [2.75, 3.05) is 13.2 Å². The summed E-state index contributed by atoms with van der Waals surface area (Å²) in [5.74, 6) is 1.67. The van der Waals surface area contributed by atoms with Gasteiger partial charge in [-0.1, -0.05) is 0 Å². The molecule has 2 fully saturated rings. The van der Waals surface area contributed by atoms with Crippen LogP contribution in [0.1, 0.15) is 38.5 Å². The van der Waals surface area contributed by atoms with Crippen LogP contribution >= 0.6 is 0 Å². The van der Waals surface area contributed by atoms with E-state index < -0.39 is 0 Å². The van der Waals surface area contributed by atoms with E-state index in [-0.39, 0.29) is 0 Å². The Bertz CT molecular complexity index is 150. The number of ether oxygens (including phenoxy) is 1. The quantitative estimate of drug-likeness (QED) is 0.723. The molecule has 2 heteroatoms. The fourth-order valence-corrected chi connectivity index (χ4v) is 2.22. The smallest absolute Gasteiger partial charge is 0.0494 e. The third-order valence-electron chi connectivity index (χ3n) is 3.39. The van der Waals surface area contributed by atoms with Crippen LogP contribution < -0.4 is 5.73 Å². The maximum atomic E-state index is 6.06. The first-order chi connectivity index (χ1) is 6.36. The van der Waals surface area contributed by atoms with E-state index in [0.29, 0.717) is 6.04 Å². The Hall–Kier alpha value is -0.0800. The molecular weight excluding hydrogens is 162 g/mol. The molecule has 2 nitrogen and oxygen atoms in total. The summed E-state index contributed by atoms with van der Waals surface area (Å²) in [5.41, 5.74) is 6.06. The van der Waals surface area contributed by atoms with Crippen molar-refractivity contribution in [1.82, 2.24) is 0 Å². The standard InChI is InChI=1S/C11H21NO/c12-11(10-4-5-10)6-3-9-2-1-7-13-8-9/h9-11H,1-8,12H2. The molecule has 0 aromatic rings. The maximum Gasteiger partial charge on any atom is 0.0494 e. The predicted molar refractivity (Wildman–Crippen MR) is 53.5 cm³/mol. The first kappa shape index (κ1) is 9.47. The highest BCUT2D eigenvalue weighted by molar-refractivity contribution is 4.84. The van der Waals surface area contributed by atoms with Crippen molar-refractivity contribution in [2.24, 2.45) is 17.6 Å². The minimum Gasteiger partial charge on any atom is -0.381 e. The minimum absolute atomic E-state index is 0.488. The van der Waals surface area contributed by atoms with Crippen LogP contribution in [-0.4, -0.2) is 19.3 Å². The summed E-state index contributed by atoms with van der Waals surface area (Å²) >= 11 is 0. The Morgan fingerprint density at radius 1 is 1.31 bits per heavy atom. The van der Waals surface area contributed by atoms with E-state index in [2.05, 4.69) is 0 Å². The Kier molecular flexibility index (Phi) is 3.23. The zero-order valence-electron chi connectivity index (χ0n) is 8.37. The van der Waals surface area contributed by atoms with Crippen molar-refractivity contribution in [3.8, 4) is 0 Å². The second-order valence-corrected chi connectivity index (χ2v) is 4.66. The zero-order valence-corrected chi connectivity index (χ0v) is 8.37. The summed E-state index contributed by atoms with van der Waals surface area (Å²) < 4.78 is 5.45. The van der Waals surface area contributed by atoms with Gasteiger partial charge in [0.15, 0.2) is 0 Å². The van der Waals surface area contributed by atoms with Crippen molar-refractivity contribution in [3.63, 3.8) is 0 Å². The highest BCUT2D eigenvalue weighted by atomic mass is 16.5. The molecular formula is C11H21NO. The Labute approximate surface area is 80.8 Å². The normalized spacial score (nSPS) is 31.6. The Morgan fingerprint density at radius 3 is 2.77 bits per heavy atom. The third-order valence-corrected chi connectivity index (χ3v) is 3.39. The van der Waals surface area contributed by atoms with Gasteiger partial charge in [-0.15, -0.1) is 0 Å². The lowest BCUT2D eigenvalue weighted by atomic mass is 9.94. The zero-order chi connectivity index (χ0) is 9.10. The van der Waals surface area contributed by atoms with Crippen LogP contribution in [0.25, 0.3) is 0 Å². The van der Waals surface area contributed by atoms with Gasteiger partial charge in [0.25, 0.3) is 0 Å².